The molecule has 2 heterocycles. The molecule has 5 rings (SSSR count). The summed E-state index contributed by atoms with van der Waals surface area (Å²) < 4.78 is 28.4. The highest BCUT2D eigenvalue weighted by Gasteiger charge is 2.27. The van der Waals surface area contributed by atoms with E-state index in [1.807, 2.05) is 37.3 Å². The maximum atomic E-state index is 13.9. The first-order chi connectivity index (χ1) is 22.5. The second-order valence-electron chi connectivity index (χ2n) is 10.9. The van der Waals surface area contributed by atoms with Crippen molar-refractivity contribution in [2.24, 2.45) is 0 Å². The van der Waals surface area contributed by atoms with Gasteiger partial charge in [0.25, 0.3) is 0 Å². The van der Waals surface area contributed by atoms with Crippen molar-refractivity contribution in [3.8, 4) is 28.7 Å². The molecule has 1 aliphatic rings. The molecule has 0 atom stereocenters. The molecule has 1 amide bonds. The van der Waals surface area contributed by atoms with Crippen molar-refractivity contribution in [2.75, 3.05) is 57.8 Å². The Kier molecular flexibility index (Phi) is 11.1. The summed E-state index contributed by atoms with van der Waals surface area (Å²) in [5, 5.41) is 3.23. The Bertz CT molecular complexity index is 1610. The predicted molar refractivity (Wildman–Crippen MR) is 178 cm³/mol. The molecular formula is C35H41N5O6. The van der Waals surface area contributed by atoms with E-state index in [2.05, 4.69) is 20.2 Å². The summed E-state index contributed by atoms with van der Waals surface area (Å²) in [5.41, 5.74) is 2.04. The van der Waals surface area contributed by atoms with Crippen LogP contribution in [-0.4, -0.2) is 68.5 Å². The number of methoxy groups -OCH3 is 3. The van der Waals surface area contributed by atoms with Crippen molar-refractivity contribution >= 4 is 29.2 Å². The van der Waals surface area contributed by atoms with Crippen LogP contribution in [0.25, 0.3) is 0 Å². The number of hydrogen-bond donors (Lipinski definition) is 1. The molecule has 0 saturated carbocycles. The van der Waals surface area contributed by atoms with Gasteiger partial charge in [-0.15, -0.1) is 0 Å². The summed E-state index contributed by atoms with van der Waals surface area (Å²) in [6.07, 6.45) is 5.71. The van der Waals surface area contributed by atoms with Gasteiger partial charge in [-0.2, -0.15) is 4.98 Å². The van der Waals surface area contributed by atoms with Crippen LogP contribution in [0, 0.1) is 6.92 Å². The normalized spacial score (nSPS) is 13.0. The van der Waals surface area contributed by atoms with Crippen molar-refractivity contribution in [1.29, 1.82) is 0 Å². The van der Waals surface area contributed by atoms with Crippen LogP contribution >= 0.6 is 0 Å². The summed E-state index contributed by atoms with van der Waals surface area (Å²) in [6.45, 7) is 5.95. The van der Waals surface area contributed by atoms with E-state index in [4.69, 9.17) is 23.7 Å². The Labute approximate surface area is 270 Å². The quantitative estimate of drug-likeness (QED) is 0.154. The van der Waals surface area contributed by atoms with Gasteiger partial charge < -0.3 is 33.9 Å². The third kappa shape index (κ3) is 8.36. The zero-order chi connectivity index (χ0) is 32.3. The van der Waals surface area contributed by atoms with Gasteiger partial charge in [0.2, 0.25) is 5.95 Å². The van der Waals surface area contributed by atoms with Crippen LogP contribution in [0.3, 0.4) is 0 Å². The number of carbonyl (C=O) groups excluding carboxylic acids is 1. The smallest absolute Gasteiger partial charge is 0.425 e. The van der Waals surface area contributed by atoms with Crippen molar-refractivity contribution < 1.29 is 28.5 Å². The van der Waals surface area contributed by atoms with Crippen LogP contribution in [0.4, 0.5) is 27.9 Å². The van der Waals surface area contributed by atoms with Crippen molar-refractivity contribution in [1.82, 2.24) is 14.9 Å². The molecule has 0 spiro atoms. The zero-order valence-corrected chi connectivity index (χ0v) is 26.8. The number of ether oxygens (including phenoxy) is 5. The Morgan fingerprint density at radius 2 is 1.70 bits per heavy atom. The fourth-order valence-electron chi connectivity index (χ4n) is 5.28. The zero-order valence-electron chi connectivity index (χ0n) is 26.8. The van der Waals surface area contributed by atoms with Gasteiger partial charge in [-0.1, -0.05) is 18.6 Å². The lowest BCUT2D eigenvalue weighted by molar-refractivity contribution is 0.205. The van der Waals surface area contributed by atoms with Crippen LogP contribution in [0.2, 0.25) is 0 Å². The SMILES string of the molecule is COc1ccc(N(C(=O)Oc2cc(C)ccc2OC)c2ccnc(Nc3cccc(OCCCN4CCCCC4)c3)n2)c(OC)c1. The average molecular weight is 628 g/mol. The summed E-state index contributed by atoms with van der Waals surface area (Å²) in [7, 11) is 4.59. The molecule has 4 aromatic rings. The third-order valence-corrected chi connectivity index (χ3v) is 7.62. The number of piperidine rings is 1. The van der Waals surface area contributed by atoms with E-state index in [1.165, 1.54) is 51.5 Å². The van der Waals surface area contributed by atoms with Gasteiger partial charge in [-0.3, -0.25) is 0 Å². The molecule has 1 saturated heterocycles. The maximum absolute atomic E-state index is 13.9. The fourth-order valence-corrected chi connectivity index (χ4v) is 5.28. The molecule has 1 N–H and O–H groups in total. The predicted octanol–water partition coefficient (Wildman–Crippen LogP) is 7.15. The van der Waals surface area contributed by atoms with Gasteiger partial charge in [0.05, 0.1) is 33.6 Å². The first-order valence-corrected chi connectivity index (χ1v) is 15.4. The summed E-state index contributed by atoms with van der Waals surface area (Å²) >= 11 is 0. The number of nitrogens with zero attached hydrogens (tertiary/aromatic N) is 4. The highest BCUT2D eigenvalue weighted by Crippen LogP contribution is 2.38. The molecule has 0 radical (unpaired) electrons. The average Bonchev–Trinajstić information content (AvgIpc) is 3.08. The molecule has 242 valence electrons. The minimum Gasteiger partial charge on any atom is -0.497 e. The minimum atomic E-state index is -0.725. The first kappa shape index (κ1) is 32.4. The highest BCUT2D eigenvalue weighted by molar-refractivity contribution is 5.98. The maximum Gasteiger partial charge on any atom is 0.425 e. The summed E-state index contributed by atoms with van der Waals surface area (Å²) in [4.78, 5) is 26.8. The number of likely N-dealkylation sites (tertiary alicyclic amines) is 1. The van der Waals surface area contributed by atoms with Crippen LogP contribution in [0.1, 0.15) is 31.2 Å². The van der Waals surface area contributed by atoms with Crippen LogP contribution < -0.4 is 33.9 Å². The molecule has 11 heteroatoms. The molecule has 1 aromatic heterocycles. The van der Waals surface area contributed by atoms with Crippen molar-refractivity contribution in [2.45, 2.75) is 32.6 Å². The lowest BCUT2D eigenvalue weighted by Gasteiger charge is -2.26. The van der Waals surface area contributed by atoms with Crippen molar-refractivity contribution in [3.05, 3.63) is 78.5 Å². The van der Waals surface area contributed by atoms with E-state index in [-0.39, 0.29) is 17.5 Å². The molecule has 1 aliphatic heterocycles. The van der Waals surface area contributed by atoms with Crippen LogP contribution in [0.15, 0.2) is 72.9 Å². The largest absolute Gasteiger partial charge is 0.497 e. The summed E-state index contributed by atoms with van der Waals surface area (Å²) in [6, 6.07) is 19.7. The Hall–Kier alpha value is -5.03. The topological polar surface area (TPSA) is 108 Å². The molecule has 0 aliphatic carbocycles. The van der Waals surface area contributed by atoms with Crippen LogP contribution in [-0.2, 0) is 0 Å². The van der Waals surface area contributed by atoms with E-state index in [1.54, 1.807) is 49.7 Å². The number of aromatic nitrogens is 2. The first-order valence-electron chi connectivity index (χ1n) is 15.4. The van der Waals surface area contributed by atoms with E-state index in [9.17, 15) is 4.79 Å². The van der Waals surface area contributed by atoms with E-state index in [0.29, 0.717) is 29.5 Å². The second kappa shape index (κ2) is 15.8. The fraction of sp³-hybridized carbons (Fsp3) is 0.343. The molecule has 3 aromatic carbocycles. The van der Waals surface area contributed by atoms with Crippen LogP contribution in [0.5, 0.6) is 28.7 Å². The molecule has 46 heavy (non-hydrogen) atoms. The number of aryl methyl sites for hydroxylation is 1. The number of rotatable bonds is 13. The van der Waals surface area contributed by atoms with E-state index < -0.39 is 6.09 Å². The standard InChI is InChI=1S/C35H41N5O6/c1-25-12-15-30(43-3)32(22-25)46-35(41)40(29-14-13-27(42-2)24-31(29)44-4)33-16-17-36-34(38-33)37-26-10-8-11-28(23-26)45-21-9-20-39-18-6-5-7-19-39/h8,10-17,22-24H,5-7,9,18-21H2,1-4H3,(H,36,37,38). The summed E-state index contributed by atoms with van der Waals surface area (Å²) in [5.74, 6) is 2.91. The number of carbonyl (C=O) groups is 1. The monoisotopic (exact) mass is 627 g/mol. The molecule has 0 bridgehead atoms. The molecule has 11 nitrogen and oxygen atoms in total. The lowest BCUT2D eigenvalue weighted by Crippen LogP contribution is -2.31. The molecular weight excluding hydrogens is 586 g/mol. The molecule has 1 fully saturated rings. The van der Waals surface area contributed by atoms with Gasteiger partial charge in [-0.25, -0.2) is 14.7 Å². The Morgan fingerprint density at radius 1 is 0.870 bits per heavy atom. The number of anilines is 4. The Morgan fingerprint density at radius 3 is 2.48 bits per heavy atom. The van der Waals surface area contributed by atoms with E-state index in [0.717, 1.165) is 30.0 Å². The van der Waals surface area contributed by atoms with Gasteiger partial charge in [0.1, 0.15) is 23.1 Å². The Balaban J connectivity index is 1.37. The van der Waals surface area contributed by atoms with Gasteiger partial charge >= 0.3 is 6.09 Å². The number of nitrogens with one attached hydrogen (secondary N) is 1. The highest BCUT2D eigenvalue weighted by atomic mass is 16.6. The third-order valence-electron chi connectivity index (χ3n) is 7.62. The number of amides is 1. The van der Waals surface area contributed by atoms with Gasteiger partial charge in [0, 0.05) is 36.6 Å². The minimum absolute atomic E-state index is 0.253. The number of benzene rings is 3. The lowest BCUT2D eigenvalue weighted by atomic mass is 10.1. The number of hydrogen-bond acceptors (Lipinski definition) is 10. The van der Waals surface area contributed by atoms with Gasteiger partial charge in [-0.05, 0) is 81.2 Å². The van der Waals surface area contributed by atoms with Crippen molar-refractivity contribution in [3.63, 3.8) is 0 Å². The second-order valence-corrected chi connectivity index (χ2v) is 10.9. The van der Waals surface area contributed by atoms with Gasteiger partial charge in [0.15, 0.2) is 11.5 Å². The van der Waals surface area contributed by atoms with E-state index >= 15 is 0 Å². The molecule has 0 unspecified atom stereocenters.